The number of alkyl halides is 1. The lowest BCUT2D eigenvalue weighted by atomic mass is 9.94. The molecule has 0 fully saturated rings. The van der Waals surface area contributed by atoms with E-state index in [1.807, 2.05) is 30.3 Å². The van der Waals surface area contributed by atoms with E-state index < -0.39 is 5.60 Å². The van der Waals surface area contributed by atoms with Crippen LogP contribution in [-0.4, -0.2) is 11.0 Å². The Morgan fingerprint density at radius 1 is 1.33 bits per heavy atom. The Labute approximate surface area is 78.0 Å². The van der Waals surface area contributed by atoms with Crippen LogP contribution in [0.25, 0.3) is 0 Å². The van der Waals surface area contributed by atoms with Gasteiger partial charge in [-0.15, -0.1) is 11.6 Å². The molecule has 0 radical (unpaired) electrons. The Morgan fingerprint density at radius 3 is 2.42 bits per heavy atom. The van der Waals surface area contributed by atoms with Crippen molar-refractivity contribution in [3.8, 4) is 0 Å². The fraction of sp³-hybridized carbons (Fsp3) is 0.400. The summed E-state index contributed by atoms with van der Waals surface area (Å²) in [5.41, 5.74) is 0.133. The molecule has 0 amide bonds. The Hall–Kier alpha value is -0.530. The normalized spacial score (nSPS) is 15.6. The predicted molar refractivity (Wildman–Crippen MR) is 51.3 cm³/mol. The molecule has 0 aromatic heterocycles. The number of rotatable bonds is 3. The molecule has 1 aromatic rings. The van der Waals surface area contributed by atoms with Crippen LogP contribution in [0.4, 0.5) is 0 Å². The van der Waals surface area contributed by atoms with Crippen LogP contribution in [-0.2, 0) is 5.60 Å². The summed E-state index contributed by atoms with van der Waals surface area (Å²) in [7, 11) is 0. The highest BCUT2D eigenvalue weighted by Gasteiger charge is 2.21. The van der Waals surface area contributed by atoms with Gasteiger partial charge in [0, 0.05) is 5.88 Å². The highest BCUT2D eigenvalue weighted by atomic mass is 35.5. The van der Waals surface area contributed by atoms with Gasteiger partial charge in [-0.1, -0.05) is 30.3 Å². The largest absolute Gasteiger partial charge is 0.385 e. The quantitative estimate of drug-likeness (QED) is 0.716. The fourth-order valence-electron chi connectivity index (χ4n) is 1.13. The third-order valence-corrected chi connectivity index (χ3v) is 2.17. The number of hydrogen-bond donors (Lipinski definition) is 1. The van der Waals surface area contributed by atoms with Gasteiger partial charge in [0.1, 0.15) is 0 Å². The fourth-order valence-corrected chi connectivity index (χ4v) is 1.49. The highest BCUT2D eigenvalue weighted by Crippen LogP contribution is 2.24. The third kappa shape index (κ3) is 2.23. The molecule has 0 heterocycles. The van der Waals surface area contributed by atoms with Gasteiger partial charge in [0.05, 0.1) is 5.60 Å². The van der Waals surface area contributed by atoms with Crippen molar-refractivity contribution in [1.82, 2.24) is 0 Å². The summed E-state index contributed by atoms with van der Waals surface area (Å²) in [5.74, 6) is 0.474. The number of aliphatic hydroxyl groups is 1. The van der Waals surface area contributed by atoms with Crippen molar-refractivity contribution in [2.75, 3.05) is 5.88 Å². The standard InChI is InChI=1S/C10H13ClO/c1-10(12,7-8-11)9-5-3-2-4-6-9/h2-6,12H,7-8H2,1H3/t10-/m0/s1. The van der Waals surface area contributed by atoms with Gasteiger partial charge in [0.25, 0.3) is 0 Å². The van der Waals surface area contributed by atoms with Crippen LogP contribution < -0.4 is 0 Å². The minimum Gasteiger partial charge on any atom is -0.385 e. The molecule has 1 N–H and O–H groups in total. The van der Waals surface area contributed by atoms with Crippen LogP contribution in [0.3, 0.4) is 0 Å². The molecular weight excluding hydrogens is 172 g/mol. The Kier molecular flexibility index (Phi) is 3.12. The molecule has 1 atom stereocenters. The molecule has 0 aliphatic carbocycles. The minimum atomic E-state index is -0.789. The van der Waals surface area contributed by atoms with Crippen molar-refractivity contribution < 1.29 is 5.11 Å². The van der Waals surface area contributed by atoms with Crippen LogP contribution in [0.5, 0.6) is 0 Å². The predicted octanol–water partition coefficient (Wildman–Crippen LogP) is 2.52. The average Bonchev–Trinajstić information content (AvgIpc) is 2.06. The summed E-state index contributed by atoms with van der Waals surface area (Å²) < 4.78 is 0. The summed E-state index contributed by atoms with van der Waals surface area (Å²) in [6, 6.07) is 9.58. The zero-order valence-electron chi connectivity index (χ0n) is 7.13. The first-order valence-corrected chi connectivity index (χ1v) is 4.54. The summed E-state index contributed by atoms with van der Waals surface area (Å²) >= 11 is 5.58. The molecule has 1 nitrogen and oxygen atoms in total. The number of hydrogen-bond acceptors (Lipinski definition) is 1. The maximum absolute atomic E-state index is 9.90. The lowest BCUT2D eigenvalue weighted by Crippen LogP contribution is -2.21. The van der Waals surface area contributed by atoms with Gasteiger partial charge in [-0.3, -0.25) is 0 Å². The van der Waals surface area contributed by atoms with E-state index in [9.17, 15) is 5.11 Å². The van der Waals surface area contributed by atoms with E-state index in [-0.39, 0.29) is 0 Å². The summed E-state index contributed by atoms with van der Waals surface area (Å²) in [6.45, 7) is 1.78. The van der Waals surface area contributed by atoms with Crippen LogP contribution in [0, 0.1) is 0 Å². The lowest BCUT2D eigenvalue weighted by Gasteiger charge is -2.22. The highest BCUT2D eigenvalue weighted by molar-refractivity contribution is 6.17. The molecule has 0 aliphatic heterocycles. The van der Waals surface area contributed by atoms with Crippen molar-refractivity contribution in [3.05, 3.63) is 35.9 Å². The molecule has 66 valence electrons. The van der Waals surface area contributed by atoms with Gasteiger partial charge in [-0.05, 0) is 18.9 Å². The van der Waals surface area contributed by atoms with Gasteiger partial charge >= 0.3 is 0 Å². The maximum Gasteiger partial charge on any atom is 0.0879 e. The topological polar surface area (TPSA) is 20.2 Å². The van der Waals surface area contributed by atoms with E-state index in [4.69, 9.17) is 11.6 Å². The molecule has 0 aliphatic rings. The van der Waals surface area contributed by atoms with E-state index in [0.717, 1.165) is 5.56 Å². The van der Waals surface area contributed by atoms with E-state index in [2.05, 4.69) is 0 Å². The second-order valence-electron chi connectivity index (χ2n) is 3.08. The SMILES string of the molecule is C[C@](O)(CCCl)c1ccccc1. The first-order chi connectivity index (χ1) is 5.67. The van der Waals surface area contributed by atoms with Crippen LogP contribution >= 0.6 is 11.6 Å². The smallest absolute Gasteiger partial charge is 0.0879 e. The van der Waals surface area contributed by atoms with E-state index in [1.54, 1.807) is 6.92 Å². The molecule has 2 heteroatoms. The van der Waals surface area contributed by atoms with E-state index in [0.29, 0.717) is 12.3 Å². The first-order valence-electron chi connectivity index (χ1n) is 4.01. The summed E-state index contributed by atoms with van der Waals surface area (Å²) in [6.07, 6.45) is 0.582. The molecule has 0 unspecified atom stereocenters. The molecule has 12 heavy (non-hydrogen) atoms. The lowest BCUT2D eigenvalue weighted by molar-refractivity contribution is 0.0540. The van der Waals surface area contributed by atoms with Crippen molar-refractivity contribution in [1.29, 1.82) is 0 Å². The molecule has 0 saturated heterocycles. The Bertz CT molecular complexity index is 231. The zero-order valence-corrected chi connectivity index (χ0v) is 7.88. The molecule has 1 aromatic carbocycles. The molecule has 0 spiro atoms. The molecular formula is C10H13ClO. The van der Waals surface area contributed by atoms with Crippen LogP contribution in [0.2, 0.25) is 0 Å². The molecule has 0 bridgehead atoms. The molecule has 0 saturated carbocycles. The van der Waals surface area contributed by atoms with Gasteiger partial charge in [0.15, 0.2) is 0 Å². The van der Waals surface area contributed by atoms with Crippen molar-refractivity contribution in [2.24, 2.45) is 0 Å². The molecule has 1 rings (SSSR count). The Balaban J connectivity index is 2.82. The van der Waals surface area contributed by atoms with Gasteiger partial charge in [-0.25, -0.2) is 0 Å². The number of benzene rings is 1. The van der Waals surface area contributed by atoms with Gasteiger partial charge in [-0.2, -0.15) is 0 Å². The zero-order chi connectivity index (χ0) is 9.03. The first kappa shape index (κ1) is 9.56. The monoisotopic (exact) mass is 184 g/mol. The third-order valence-electron chi connectivity index (χ3n) is 1.98. The van der Waals surface area contributed by atoms with Crippen molar-refractivity contribution >= 4 is 11.6 Å². The van der Waals surface area contributed by atoms with Gasteiger partial charge < -0.3 is 5.11 Å². The minimum absolute atomic E-state index is 0.474. The Morgan fingerprint density at radius 2 is 1.92 bits per heavy atom. The van der Waals surface area contributed by atoms with Crippen molar-refractivity contribution in [3.63, 3.8) is 0 Å². The van der Waals surface area contributed by atoms with E-state index >= 15 is 0 Å². The summed E-state index contributed by atoms with van der Waals surface area (Å²) in [5, 5.41) is 9.90. The van der Waals surface area contributed by atoms with E-state index in [1.165, 1.54) is 0 Å². The van der Waals surface area contributed by atoms with Crippen LogP contribution in [0.15, 0.2) is 30.3 Å². The average molecular weight is 185 g/mol. The maximum atomic E-state index is 9.90. The second-order valence-corrected chi connectivity index (χ2v) is 3.46. The van der Waals surface area contributed by atoms with Crippen LogP contribution in [0.1, 0.15) is 18.9 Å². The van der Waals surface area contributed by atoms with Gasteiger partial charge in [0.2, 0.25) is 0 Å². The number of halogens is 1. The second kappa shape index (κ2) is 3.92. The van der Waals surface area contributed by atoms with Crippen molar-refractivity contribution in [2.45, 2.75) is 18.9 Å². The summed E-state index contributed by atoms with van der Waals surface area (Å²) in [4.78, 5) is 0.